The third-order valence-corrected chi connectivity index (χ3v) is 5.43. The summed E-state index contributed by atoms with van der Waals surface area (Å²) in [5.41, 5.74) is 1.29. The Kier molecular flexibility index (Phi) is 4.69. The first-order valence-corrected chi connectivity index (χ1v) is 9.52. The van der Waals surface area contributed by atoms with Crippen LogP contribution in [0.15, 0.2) is 48.2 Å². The van der Waals surface area contributed by atoms with E-state index in [9.17, 15) is 22.8 Å². The Hall–Kier alpha value is -3.13. The molecule has 1 heterocycles. The smallest absolute Gasteiger partial charge is 0.276 e. The van der Waals surface area contributed by atoms with Gasteiger partial charge in [0.15, 0.2) is 0 Å². The van der Waals surface area contributed by atoms with E-state index in [2.05, 4.69) is 0 Å². The largest absolute Gasteiger partial charge is 0.416 e. The van der Waals surface area contributed by atoms with Crippen molar-refractivity contribution in [3.63, 3.8) is 0 Å². The minimum Gasteiger partial charge on any atom is -0.276 e. The number of fused-ring (bicyclic) bond motifs is 1. The monoisotopic (exact) mass is 415 g/mol. The third-order valence-electron chi connectivity index (χ3n) is 5.43. The van der Waals surface area contributed by atoms with Gasteiger partial charge in [-0.1, -0.05) is 23.8 Å². The average Bonchev–Trinajstić information content (AvgIpc) is 3.50. The second kappa shape index (κ2) is 6.98. The average molecular weight is 415 g/mol. The minimum atomic E-state index is -4.56. The maximum atomic E-state index is 13.4. The van der Waals surface area contributed by atoms with Crippen LogP contribution in [0.2, 0.25) is 0 Å². The minimum absolute atomic E-state index is 0.111. The van der Waals surface area contributed by atoms with Gasteiger partial charge in [-0.3, -0.25) is 19.5 Å². The molecule has 0 bridgehead atoms. The molecule has 1 fully saturated rings. The predicted octanol–water partition coefficient (Wildman–Crippen LogP) is 4.54. The second-order valence-corrected chi connectivity index (χ2v) is 7.65. The lowest BCUT2D eigenvalue weighted by Gasteiger charge is -2.20. The summed E-state index contributed by atoms with van der Waals surface area (Å²) in [7, 11) is 0. The number of rotatable bonds is 3. The maximum absolute atomic E-state index is 13.4. The molecule has 2 aromatic rings. The Morgan fingerprint density at radius 2 is 1.77 bits per heavy atom. The summed E-state index contributed by atoms with van der Waals surface area (Å²) in [5, 5.41) is 0.949. The van der Waals surface area contributed by atoms with Gasteiger partial charge in [0, 0.05) is 22.9 Å². The lowest BCUT2D eigenvalue weighted by molar-refractivity contribution is -0.137. The first kappa shape index (κ1) is 20.2. The molecule has 0 atom stereocenters. The number of amides is 2. The lowest BCUT2D eigenvalue weighted by atomic mass is 10.0. The summed E-state index contributed by atoms with van der Waals surface area (Å²) in [6.07, 6.45) is -3.07. The molecule has 0 saturated heterocycles. The van der Waals surface area contributed by atoms with E-state index in [1.165, 1.54) is 17.9 Å². The first-order chi connectivity index (χ1) is 14.1. The number of anilines is 2. The number of carbonyl (C=O) groups excluding carboxylic acids is 2. The van der Waals surface area contributed by atoms with Crippen molar-refractivity contribution < 1.29 is 22.8 Å². The number of nitrogens with zero attached hydrogens (tertiary/aromatic N) is 2. The number of hydrazine groups is 1. The van der Waals surface area contributed by atoms with Gasteiger partial charge in [-0.05, 0) is 51.0 Å². The number of hydrogen-bond acceptors (Lipinski definition) is 3. The molecule has 0 unspecified atom stereocenters. The van der Waals surface area contributed by atoms with Crippen molar-refractivity contribution in [2.75, 3.05) is 4.90 Å². The van der Waals surface area contributed by atoms with Crippen LogP contribution in [0.4, 0.5) is 24.5 Å². The number of aryl methyl sites for hydroxylation is 1. The van der Waals surface area contributed by atoms with Crippen molar-refractivity contribution in [1.82, 2.24) is 5.01 Å². The number of allylic oxidation sites excluding steroid dienone is 1. The number of halogens is 3. The third kappa shape index (κ3) is 3.37. The predicted molar refractivity (Wildman–Crippen MR) is 106 cm³/mol. The Morgan fingerprint density at radius 3 is 2.33 bits per heavy atom. The standard InChI is InChI=1S/C22H20F3N3O2/c1-12-3-8-16(9-4-12)27-18-11-15(22(23,24)25)7-10-17(18)19(21(27)30)13(2)28(26)20(29)14-5-6-14/h3-4,7-11,14H,5-6,26H2,1-2H3/b19-13-. The molecule has 1 saturated carbocycles. The van der Waals surface area contributed by atoms with Gasteiger partial charge in [0.25, 0.3) is 5.91 Å². The molecule has 2 aliphatic rings. The molecular formula is C22H20F3N3O2. The van der Waals surface area contributed by atoms with Gasteiger partial charge in [0.2, 0.25) is 5.91 Å². The van der Waals surface area contributed by atoms with Gasteiger partial charge in [0.05, 0.1) is 16.8 Å². The van der Waals surface area contributed by atoms with Crippen LogP contribution in [0.1, 0.15) is 36.5 Å². The maximum Gasteiger partial charge on any atom is 0.416 e. The van der Waals surface area contributed by atoms with Gasteiger partial charge in [0.1, 0.15) is 0 Å². The highest BCUT2D eigenvalue weighted by atomic mass is 19.4. The molecule has 2 N–H and O–H groups in total. The van der Waals surface area contributed by atoms with Gasteiger partial charge < -0.3 is 0 Å². The van der Waals surface area contributed by atoms with Crippen molar-refractivity contribution in [3.05, 3.63) is 64.9 Å². The molecule has 0 aromatic heterocycles. The zero-order valence-electron chi connectivity index (χ0n) is 16.5. The van der Waals surface area contributed by atoms with Crippen LogP contribution in [0.25, 0.3) is 5.57 Å². The van der Waals surface area contributed by atoms with Crippen LogP contribution in [0, 0.1) is 12.8 Å². The number of nitrogens with two attached hydrogens (primary N) is 1. The highest BCUT2D eigenvalue weighted by Gasteiger charge is 2.41. The second-order valence-electron chi connectivity index (χ2n) is 7.65. The van der Waals surface area contributed by atoms with E-state index in [0.717, 1.165) is 35.5 Å². The van der Waals surface area contributed by atoms with Crippen LogP contribution >= 0.6 is 0 Å². The van der Waals surface area contributed by atoms with E-state index in [0.29, 0.717) is 11.3 Å². The molecule has 0 spiro atoms. The molecule has 156 valence electrons. The first-order valence-electron chi connectivity index (χ1n) is 9.52. The highest BCUT2D eigenvalue weighted by molar-refractivity contribution is 6.35. The van der Waals surface area contributed by atoms with Crippen LogP contribution in [0.5, 0.6) is 0 Å². The van der Waals surface area contributed by atoms with Crippen LogP contribution in [0.3, 0.4) is 0 Å². The van der Waals surface area contributed by atoms with Crippen molar-refractivity contribution in [2.24, 2.45) is 11.8 Å². The molecule has 8 heteroatoms. The Balaban J connectivity index is 1.88. The van der Waals surface area contributed by atoms with Crippen LogP contribution in [-0.2, 0) is 15.8 Å². The fourth-order valence-corrected chi connectivity index (χ4v) is 3.55. The Labute approximate surface area is 171 Å². The number of hydrogen-bond donors (Lipinski definition) is 1. The summed E-state index contributed by atoms with van der Waals surface area (Å²) < 4.78 is 40.0. The van der Waals surface area contributed by atoms with E-state index in [1.54, 1.807) is 24.3 Å². The molecule has 5 nitrogen and oxygen atoms in total. The molecule has 30 heavy (non-hydrogen) atoms. The normalized spacial score (nSPS) is 17.8. The summed E-state index contributed by atoms with van der Waals surface area (Å²) in [6, 6.07) is 10.0. The highest BCUT2D eigenvalue weighted by Crippen LogP contribution is 2.46. The fraction of sp³-hybridized carbons (Fsp3) is 0.273. The molecule has 0 radical (unpaired) electrons. The van der Waals surface area contributed by atoms with Crippen LogP contribution < -0.4 is 10.7 Å². The van der Waals surface area contributed by atoms with E-state index in [-0.39, 0.29) is 28.8 Å². The van der Waals surface area contributed by atoms with Gasteiger partial charge in [-0.15, -0.1) is 0 Å². The zero-order valence-corrected chi connectivity index (χ0v) is 16.5. The molecule has 1 aliphatic heterocycles. The fourth-order valence-electron chi connectivity index (χ4n) is 3.55. The number of carbonyl (C=O) groups is 2. The molecule has 1 aliphatic carbocycles. The van der Waals surface area contributed by atoms with E-state index < -0.39 is 17.6 Å². The van der Waals surface area contributed by atoms with Gasteiger partial charge in [-0.25, -0.2) is 5.84 Å². The molecule has 4 rings (SSSR count). The SMILES string of the molecule is C/C(=C1/C(=O)N(c2ccc(C)cc2)c2cc(C(F)(F)F)ccc21)N(N)C(=O)C1CC1. The van der Waals surface area contributed by atoms with E-state index in [4.69, 9.17) is 5.84 Å². The summed E-state index contributed by atoms with van der Waals surface area (Å²) in [5.74, 6) is 5.00. The summed E-state index contributed by atoms with van der Waals surface area (Å²) >= 11 is 0. The lowest BCUT2D eigenvalue weighted by Crippen LogP contribution is -2.38. The van der Waals surface area contributed by atoms with E-state index >= 15 is 0 Å². The van der Waals surface area contributed by atoms with Crippen LogP contribution in [-0.4, -0.2) is 16.8 Å². The Bertz CT molecular complexity index is 1070. The Morgan fingerprint density at radius 1 is 1.13 bits per heavy atom. The molecule has 2 amide bonds. The summed E-state index contributed by atoms with van der Waals surface area (Å²) in [4.78, 5) is 27.0. The summed E-state index contributed by atoms with van der Waals surface area (Å²) in [6.45, 7) is 3.41. The van der Waals surface area contributed by atoms with E-state index in [1.807, 2.05) is 6.92 Å². The quantitative estimate of drug-likeness (QED) is 0.347. The van der Waals surface area contributed by atoms with Crippen molar-refractivity contribution in [1.29, 1.82) is 0 Å². The molecule has 2 aromatic carbocycles. The number of benzene rings is 2. The molecular weight excluding hydrogens is 395 g/mol. The van der Waals surface area contributed by atoms with Crippen molar-refractivity contribution in [3.8, 4) is 0 Å². The van der Waals surface area contributed by atoms with Gasteiger partial charge in [-0.2, -0.15) is 13.2 Å². The zero-order chi connectivity index (χ0) is 21.8. The van der Waals surface area contributed by atoms with Gasteiger partial charge >= 0.3 is 6.18 Å². The number of alkyl halides is 3. The van der Waals surface area contributed by atoms with Crippen molar-refractivity contribution in [2.45, 2.75) is 32.9 Å². The van der Waals surface area contributed by atoms with Crippen molar-refractivity contribution >= 4 is 28.8 Å². The topological polar surface area (TPSA) is 66.6 Å².